The van der Waals surface area contributed by atoms with Crippen molar-refractivity contribution in [2.75, 3.05) is 19.7 Å². The van der Waals surface area contributed by atoms with Gasteiger partial charge in [0.25, 0.3) is 0 Å². The molecule has 3 aromatic rings. The summed E-state index contributed by atoms with van der Waals surface area (Å²) in [6, 6.07) is 3.50. The van der Waals surface area contributed by atoms with Gasteiger partial charge in [0, 0.05) is 60.9 Å². The monoisotopic (exact) mass is 521 g/mol. The number of nitrogens with zero attached hydrogens (tertiary/aromatic N) is 3. The molecule has 4 N–H and O–H groups in total. The predicted molar refractivity (Wildman–Crippen MR) is 130 cm³/mol. The number of carbonyl (C=O) groups excluding carboxylic acids is 2. The van der Waals surface area contributed by atoms with Gasteiger partial charge in [-0.25, -0.2) is 0 Å². The van der Waals surface area contributed by atoms with Gasteiger partial charge >= 0.3 is 5.97 Å². The number of hydrogen-bond acceptors (Lipinski definition) is 5. The third kappa shape index (κ3) is 5.44. The van der Waals surface area contributed by atoms with Crippen LogP contribution in [0.4, 0.5) is 0 Å². The summed E-state index contributed by atoms with van der Waals surface area (Å²) in [6.45, 7) is 0.660. The first-order chi connectivity index (χ1) is 16.8. The smallest absolute Gasteiger partial charge is 0.303 e. The molecule has 12 heteroatoms. The number of rotatable bonds is 9. The lowest BCUT2D eigenvalue weighted by atomic mass is 9.99. The summed E-state index contributed by atoms with van der Waals surface area (Å²) in [4.78, 5) is 39.8. The Labute approximate surface area is 210 Å². The molecule has 0 saturated carbocycles. The van der Waals surface area contributed by atoms with Gasteiger partial charge in [-0.05, 0) is 25.0 Å². The number of unbranched alkanes of at least 4 members (excludes halogenated alkanes) is 1. The first-order valence-electron chi connectivity index (χ1n) is 11.2. The fraction of sp³-hybridized carbons (Fsp3) is 0.391. The van der Waals surface area contributed by atoms with Crippen molar-refractivity contribution in [2.24, 2.45) is 0 Å². The van der Waals surface area contributed by atoms with E-state index < -0.39 is 12.6 Å². The number of carboxylic acids is 1. The highest BCUT2D eigenvalue weighted by Crippen LogP contribution is 2.41. The summed E-state index contributed by atoms with van der Waals surface area (Å²) >= 11 is 12.9. The van der Waals surface area contributed by atoms with Crippen LogP contribution in [-0.2, 0) is 33.9 Å². The third-order valence-electron chi connectivity index (χ3n) is 5.99. The first kappa shape index (κ1) is 25.0. The van der Waals surface area contributed by atoms with Crippen LogP contribution in [0.5, 0.6) is 0 Å². The Hall–Kier alpha value is -3.08. The molecular weight excluding hydrogens is 497 g/mol. The van der Waals surface area contributed by atoms with Gasteiger partial charge in [0.05, 0.1) is 21.3 Å². The van der Waals surface area contributed by atoms with Gasteiger partial charge in [0.1, 0.15) is 13.2 Å². The van der Waals surface area contributed by atoms with Gasteiger partial charge in [-0.3, -0.25) is 19.1 Å². The van der Waals surface area contributed by atoms with Crippen LogP contribution in [0.25, 0.3) is 22.2 Å². The van der Waals surface area contributed by atoms with E-state index in [-0.39, 0.29) is 24.8 Å². The van der Waals surface area contributed by atoms with Crippen LogP contribution in [0.3, 0.4) is 0 Å². The van der Waals surface area contributed by atoms with E-state index in [4.69, 9.17) is 28.3 Å². The molecule has 35 heavy (non-hydrogen) atoms. The molecule has 0 aliphatic carbocycles. The van der Waals surface area contributed by atoms with Crippen molar-refractivity contribution in [3.05, 3.63) is 39.6 Å². The number of nitrogens with one attached hydrogen (secondary N) is 2. The van der Waals surface area contributed by atoms with Crippen LogP contribution < -0.4 is 5.32 Å². The second-order valence-corrected chi connectivity index (χ2v) is 9.16. The number of halogens is 2. The molecule has 2 amide bonds. The lowest BCUT2D eigenvalue weighted by Crippen LogP contribution is -2.37. The molecule has 10 nitrogen and oxygen atoms in total. The van der Waals surface area contributed by atoms with E-state index in [1.165, 1.54) is 4.68 Å². The van der Waals surface area contributed by atoms with Crippen molar-refractivity contribution in [3.8, 4) is 11.3 Å². The van der Waals surface area contributed by atoms with Gasteiger partial charge in [-0.15, -0.1) is 0 Å². The number of carbonyl (C=O) groups is 3. The largest absolute Gasteiger partial charge is 0.481 e. The lowest BCUT2D eigenvalue weighted by Gasteiger charge is -2.26. The lowest BCUT2D eigenvalue weighted by molar-refractivity contribution is -0.137. The van der Waals surface area contributed by atoms with Gasteiger partial charge in [-0.1, -0.05) is 23.2 Å². The minimum Gasteiger partial charge on any atom is -0.481 e. The molecule has 2 aromatic heterocycles. The fourth-order valence-electron chi connectivity index (χ4n) is 4.28. The molecule has 0 unspecified atom stereocenters. The Balaban J connectivity index is 1.56. The summed E-state index contributed by atoms with van der Waals surface area (Å²) in [5.74, 6) is -1.43. The van der Waals surface area contributed by atoms with E-state index in [1.807, 2.05) is 0 Å². The predicted octanol–water partition coefficient (Wildman–Crippen LogP) is 2.59. The van der Waals surface area contributed by atoms with E-state index in [0.29, 0.717) is 60.2 Å². The number of hydrogen-bond donors (Lipinski definition) is 4. The van der Waals surface area contributed by atoms with Crippen molar-refractivity contribution in [2.45, 2.75) is 38.8 Å². The summed E-state index contributed by atoms with van der Waals surface area (Å²) in [5.41, 5.74) is 3.82. The molecule has 0 bridgehead atoms. The number of benzene rings is 1. The number of carboxylic acid groups (broad SMARTS) is 1. The number of aliphatic hydroxyl groups is 1. The topological polar surface area (TPSA) is 141 Å². The van der Waals surface area contributed by atoms with E-state index in [1.54, 1.807) is 23.2 Å². The van der Waals surface area contributed by atoms with Crippen LogP contribution in [-0.4, -0.2) is 67.4 Å². The average molecular weight is 522 g/mol. The number of fused-ring (bicyclic) bond motifs is 3. The maximum absolute atomic E-state index is 12.3. The van der Waals surface area contributed by atoms with E-state index in [2.05, 4.69) is 15.4 Å². The number of amides is 2. The maximum atomic E-state index is 12.3. The summed E-state index contributed by atoms with van der Waals surface area (Å²) in [7, 11) is 0. The maximum Gasteiger partial charge on any atom is 0.303 e. The van der Waals surface area contributed by atoms with Crippen molar-refractivity contribution in [1.82, 2.24) is 25.0 Å². The second kappa shape index (κ2) is 10.7. The number of aromatic nitrogens is 3. The fourth-order valence-corrected chi connectivity index (χ4v) is 4.68. The SMILES string of the molecule is O=C(O)CCCCNC(=O)Cn1ccc(-c2cc(Cl)c(Cl)c3[nH]c4c(c23)CN(C(=O)CO)CC4)n1. The minimum absolute atomic E-state index is 0.00736. The third-order valence-corrected chi connectivity index (χ3v) is 6.78. The standard InChI is InChI=1S/C23H25Cl2N5O5/c24-15-9-13(17-5-8-30(28-17)11-18(32)26-6-2-1-3-20(34)35)21-14-10-29(19(33)12-31)7-4-16(14)27-23(21)22(15)25/h5,8-9,27,31H,1-4,6-7,10-12H2,(H,26,32)(H,34,35). The Kier molecular flexibility index (Phi) is 7.63. The Morgan fingerprint density at radius 2 is 2.03 bits per heavy atom. The molecule has 3 heterocycles. The van der Waals surface area contributed by atoms with Gasteiger partial charge in [-0.2, -0.15) is 5.10 Å². The molecule has 0 saturated heterocycles. The molecule has 0 atom stereocenters. The Bertz CT molecular complexity index is 1290. The highest BCUT2D eigenvalue weighted by atomic mass is 35.5. The second-order valence-electron chi connectivity index (χ2n) is 8.37. The molecule has 1 aromatic carbocycles. The van der Waals surface area contributed by atoms with Crippen molar-refractivity contribution in [1.29, 1.82) is 0 Å². The highest BCUT2D eigenvalue weighted by Gasteiger charge is 2.27. The molecular formula is C23H25Cl2N5O5. The zero-order chi connectivity index (χ0) is 25.1. The zero-order valence-corrected chi connectivity index (χ0v) is 20.3. The molecule has 186 valence electrons. The quantitative estimate of drug-likeness (QED) is 0.319. The van der Waals surface area contributed by atoms with Crippen molar-refractivity contribution in [3.63, 3.8) is 0 Å². The Morgan fingerprint density at radius 3 is 2.77 bits per heavy atom. The molecule has 0 spiro atoms. The van der Waals surface area contributed by atoms with Crippen LogP contribution in [0.1, 0.15) is 30.5 Å². The van der Waals surface area contributed by atoms with Crippen LogP contribution in [0, 0.1) is 0 Å². The van der Waals surface area contributed by atoms with Gasteiger partial charge in [0.15, 0.2) is 0 Å². The van der Waals surface area contributed by atoms with Crippen molar-refractivity contribution >= 4 is 51.9 Å². The van der Waals surface area contributed by atoms with E-state index in [9.17, 15) is 19.5 Å². The van der Waals surface area contributed by atoms with E-state index in [0.717, 1.165) is 22.2 Å². The number of aliphatic carboxylic acids is 1. The number of aliphatic hydroxyl groups excluding tert-OH is 1. The average Bonchev–Trinajstić information content (AvgIpc) is 3.45. The van der Waals surface area contributed by atoms with Gasteiger partial charge < -0.3 is 25.4 Å². The summed E-state index contributed by atoms with van der Waals surface area (Å²) in [6.07, 6.45) is 3.43. The highest BCUT2D eigenvalue weighted by molar-refractivity contribution is 6.45. The number of H-pyrrole nitrogens is 1. The molecule has 0 radical (unpaired) electrons. The van der Waals surface area contributed by atoms with Crippen LogP contribution in [0.15, 0.2) is 18.3 Å². The first-order valence-corrected chi connectivity index (χ1v) is 12.0. The normalized spacial score (nSPS) is 13.2. The van der Waals surface area contributed by atoms with Crippen molar-refractivity contribution < 1.29 is 24.6 Å². The minimum atomic E-state index is -0.854. The zero-order valence-electron chi connectivity index (χ0n) is 18.8. The van der Waals surface area contributed by atoms with Crippen LogP contribution >= 0.6 is 23.2 Å². The van der Waals surface area contributed by atoms with E-state index >= 15 is 0 Å². The Morgan fingerprint density at radius 1 is 1.23 bits per heavy atom. The van der Waals surface area contributed by atoms with Crippen LogP contribution in [0.2, 0.25) is 10.0 Å². The summed E-state index contributed by atoms with van der Waals surface area (Å²) < 4.78 is 1.51. The molecule has 1 aliphatic rings. The molecule has 1 aliphatic heterocycles. The summed E-state index contributed by atoms with van der Waals surface area (Å²) in [5, 5.41) is 26.8. The molecule has 0 fully saturated rings. The number of aromatic amines is 1. The van der Waals surface area contributed by atoms with Gasteiger partial charge in [0.2, 0.25) is 11.8 Å². The molecule has 4 rings (SSSR count).